The number of aliphatic hydroxyl groups is 1. The van der Waals surface area contributed by atoms with Gasteiger partial charge in [-0.15, -0.1) is 0 Å². The molecular weight excluding hydrogens is 411 g/mol. The minimum Gasteiger partial charge on any atom is -0.748 e. The number of unbranched alkanes of at least 4 members (excludes halogenated alkanes) is 16. The first-order valence-electron chi connectivity index (χ1n) is 12.1. The Balaban J connectivity index is 0. The molecule has 0 fully saturated rings. The van der Waals surface area contributed by atoms with Gasteiger partial charge in [0.25, 0.3) is 0 Å². The zero-order valence-corrected chi connectivity index (χ0v) is 23.4. The molecule has 0 radical (unpaired) electrons. The fraction of sp³-hybridized carbons (Fsp3) is 1.00. The molecule has 1 unspecified atom stereocenters. The monoisotopic (exact) mass is 458 g/mol. The SMILES string of the molecule is CCCC(CCCCCCCCCCCCCCCCCCCO)S(=O)(=O)[O-].[K+]. The second-order valence-electron chi connectivity index (χ2n) is 8.43. The first-order valence-corrected chi connectivity index (χ1v) is 13.5. The summed E-state index contributed by atoms with van der Waals surface area (Å²) in [5.41, 5.74) is 0. The summed E-state index contributed by atoms with van der Waals surface area (Å²) in [6.07, 6.45) is 23.0. The van der Waals surface area contributed by atoms with Crippen molar-refractivity contribution >= 4 is 10.1 Å². The third kappa shape index (κ3) is 24.0. The van der Waals surface area contributed by atoms with Crippen LogP contribution in [0.5, 0.6) is 0 Å². The van der Waals surface area contributed by atoms with E-state index in [0.717, 1.165) is 32.1 Å². The number of hydrogen-bond acceptors (Lipinski definition) is 4. The largest absolute Gasteiger partial charge is 1.00 e. The molecule has 29 heavy (non-hydrogen) atoms. The van der Waals surface area contributed by atoms with Gasteiger partial charge in [0.15, 0.2) is 0 Å². The van der Waals surface area contributed by atoms with Gasteiger partial charge in [0, 0.05) is 11.9 Å². The Bertz CT molecular complexity index is 415. The van der Waals surface area contributed by atoms with Crippen molar-refractivity contribution in [3.8, 4) is 0 Å². The van der Waals surface area contributed by atoms with Crippen LogP contribution in [0.1, 0.15) is 135 Å². The third-order valence-electron chi connectivity index (χ3n) is 5.70. The number of aliphatic hydroxyl groups excluding tert-OH is 1. The quantitative estimate of drug-likeness (QED) is 0.152. The summed E-state index contributed by atoms with van der Waals surface area (Å²) in [6, 6.07) is 0. The van der Waals surface area contributed by atoms with E-state index in [2.05, 4.69) is 0 Å². The van der Waals surface area contributed by atoms with Crippen molar-refractivity contribution in [2.24, 2.45) is 0 Å². The molecule has 0 aromatic rings. The van der Waals surface area contributed by atoms with Gasteiger partial charge in [-0.25, -0.2) is 8.42 Å². The van der Waals surface area contributed by atoms with E-state index in [4.69, 9.17) is 5.11 Å². The van der Waals surface area contributed by atoms with E-state index in [-0.39, 0.29) is 51.4 Å². The smallest absolute Gasteiger partial charge is 0.748 e. The molecular formula is C23H47KO4S. The molecule has 0 heterocycles. The third-order valence-corrected chi connectivity index (χ3v) is 6.99. The topological polar surface area (TPSA) is 77.4 Å². The molecule has 0 rings (SSSR count). The molecule has 0 aromatic heterocycles. The summed E-state index contributed by atoms with van der Waals surface area (Å²) in [5, 5.41) is 8.06. The van der Waals surface area contributed by atoms with Crippen LogP contribution >= 0.6 is 0 Å². The molecule has 0 spiro atoms. The zero-order chi connectivity index (χ0) is 20.9. The van der Waals surface area contributed by atoms with Crippen LogP contribution in [0.4, 0.5) is 0 Å². The van der Waals surface area contributed by atoms with Gasteiger partial charge < -0.3 is 9.66 Å². The summed E-state index contributed by atoms with van der Waals surface area (Å²) < 4.78 is 33.5. The molecule has 0 aliphatic carbocycles. The summed E-state index contributed by atoms with van der Waals surface area (Å²) in [5.74, 6) is 0. The number of hydrogen-bond donors (Lipinski definition) is 1. The first-order chi connectivity index (χ1) is 13.5. The fourth-order valence-corrected chi connectivity index (χ4v) is 4.87. The molecule has 0 bridgehead atoms. The molecule has 0 aromatic carbocycles. The normalized spacial score (nSPS) is 12.7. The van der Waals surface area contributed by atoms with Gasteiger partial charge in [-0.1, -0.05) is 116 Å². The van der Waals surface area contributed by atoms with Crippen molar-refractivity contribution < 1.29 is 69.5 Å². The summed E-state index contributed by atoms with van der Waals surface area (Å²) >= 11 is 0. The van der Waals surface area contributed by atoms with E-state index >= 15 is 0 Å². The van der Waals surface area contributed by atoms with Crippen molar-refractivity contribution in [1.29, 1.82) is 0 Å². The Labute approximate surface area is 224 Å². The maximum atomic E-state index is 11.2. The standard InChI is InChI=1S/C23H48O4S.K/c1-2-20-23(28(25,26)27)21-18-16-14-12-10-8-6-4-3-5-7-9-11-13-15-17-19-22-24;/h23-24H,2-22H2,1H3,(H,25,26,27);/q;+1/p-1. The summed E-state index contributed by atoms with van der Waals surface area (Å²) in [7, 11) is -4.11. The van der Waals surface area contributed by atoms with Gasteiger partial charge >= 0.3 is 51.4 Å². The first kappa shape index (κ1) is 32.7. The predicted octanol–water partition coefficient (Wildman–Crippen LogP) is 3.72. The van der Waals surface area contributed by atoms with Gasteiger partial charge in [-0.05, 0) is 19.3 Å². The van der Waals surface area contributed by atoms with E-state index < -0.39 is 15.4 Å². The number of rotatable bonds is 22. The minimum atomic E-state index is -4.11. The van der Waals surface area contributed by atoms with Gasteiger partial charge in [0.05, 0.1) is 10.1 Å². The van der Waals surface area contributed by atoms with Crippen LogP contribution < -0.4 is 51.4 Å². The van der Waals surface area contributed by atoms with Gasteiger partial charge in [0.1, 0.15) is 0 Å². The van der Waals surface area contributed by atoms with Gasteiger partial charge in [-0.2, -0.15) is 0 Å². The second-order valence-corrected chi connectivity index (χ2v) is 10.1. The molecule has 6 heteroatoms. The molecule has 0 saturated heterocycles. The van der Waals surface area contributed by atoms with Crippen LogP contribution in [0, 0.1) is 0 Å². The van der Waals surface area contributed by atoms with E-state index in [1.54, 1.807) is 0 Å². The van der Waals surface area contributed by atoms with E-state index in [0.29, 0.717) is 19.4 Å². The maximum Gasteiger partial charge on any atom is 1.00 e. The summed E-state index contributed by atoms with van der Waals surface area (Å²) in [6.45, 7) is 2.27. The Morgan fingerprint density at radius 2 is 0.931 bits per heavy atom. The van der Waals surface area contributed by atoms with Crippen LogP contribution in [0.25, 0.3) is 0 Å². The van der Waals surface area contributed by atoms with Crippen molar-refractivity contribution in [3.63, 3.8) is 0 Å². The zero-order valence-electron chi connectivity index (χ0n) is 19.5. The molecule has 0 aliphatic rings. The van der Waals surface area contributed by atoms with Crippen LogP contribution in [0.3, 0.4) is 0 Å². The van der Waals surface area contributed by atoms with Crippen molar-refractivity contribution in [1.82, 2.24) is 0 Å². The molecule has 1 atom stereocenters. The summed E-state index contributed by atoms with van der Waals surface area (Å²) in [4.78, 5) is 0. The van der Waals surface area contributed by atoms with Crippen LogP contribution in [-0.2, 0) is 10.1 Å². The Morgan fingerprint density at radius 1 is 0.621 bits per heavy atom. The van der Waals surface area contributed by atoms with Crippen LogP contribution in [0.15, 0.2) is 0 Å². The molecule has 0 aliphatic heterocycles. The Hall–Kier alpha value is 1.51. The predicted molar refractivity (Wildman–Crippen MR) is 119 cm³/mol. The van der Waals surface area contributed by atoms with Crippen molar-refractivity contribution in [3.05, 3.63) is 0 Å². The van der Waals surface area contributed by atoms with E-state index in [1.165, 1.54) is 83.5 Å². The van der Waals surface area contributed by atoms with Crippen molar-refractivity contribution in [2.75, 3.05) is 6.61 Å². The maximum absolute atomic E-state index is 11.2. The Kier molecular flexibility index (Phi) is 27.2. The Morgan fingerprint density at radius 3 is 1.21 bits per heavy atom. The van der Waals surface area contributed by atoms with Crippen LogP contribution in [-0.4, -0.2) is 29.9 Å². The minimum absolute atomic E-state index is 0. The van der Waals surface area contributed by atoms with Crippen LogP contribution in [0.2, 0.25) is 0 Å². The van der Waals surface area contributed by atoms with E-state index in [1.807, 2.05) is 6.92 Å². The van der Waals surface area contributed by atoms with Crippen molar-refractivity contribution in [2.45, 2.75) is 141 Å². The average Bonchev–Trinajstić information content (AvgIpc) is 2.65. The molecule has 1 N–H and O–H groups in total. The van der Waals surface area contributed by atoms with E-state index in [9.17, 15) is 13.0 Å². The average molecular weight is 459 g/mol. The molecule has 0 saturated carbocycles. The molecule has 0 amide bonds. The van der Waals surface area contributed by atoms with Gasteiger partial charge in [0.2, 0.25) is 0 Å². The molecule has 4 nitrogen and oxygen atoms in total. The second kappa shape index (κ2) is 24.2. The molecule has 170 valence electrons. The van der Waals surface area contributed by atoms with Gasteiger partial charge in [-0.3, -0.25) is 0 Å². The fourth-order valence-electron chi connectivity index (χ4n) is 3.89.